The number of fused-ring (bicyclic) bond motifs is 2. The van der Waals surface area contributed by atoms with Gasteiger partial charge in [0.05, 0.1) is 21.7 Å². The number of esters is 1. The largest absolute Gasteiger partial charge is 0.449 e. The number of pyridine rings is 1. The van der Waals surface area contributed by atoms with Crippen LogP contribution in [0.3, 0.4) is 0 Å². The van der Waals surface area contributed by atoms with Gasteiger partial charge in [0.2, 0.25) is 0 Å². The fourth-order valence-electron chi connectivity index (χ4n) is 4.47. The molecule has 1 aliphatic rings. The van der Waals surface area contributed by atoms with Crippen LogP contribution >= 0.6 is 0 Å². The molecule has 1 N–H and O–H groups in total. The van der Waals surface area contributed by atoms with Crippen LogP contribution in [0.15, 0.2) is 42.5 Å². The summed E-state index contributed by atoms with van der Waals surface area (Å²) < 4.78 is 5.78. The number of carbonyl (C=O) groups is 2. The van der Waals surface area contributed by atoms with E-state index in [0.717, 1.165) is 24.2 Å². The van der Waals surface area contributed by atoms with E-state index in [2.05, 4.69) is 24.1 Å². The molecule has 4 rings (SSSR count). The number of nitrogens with one attached hydrogen (secondary N) is 1. The van der Waals surface area contributed by atoms with E-state index in [0.29, 0.717) is 40.3 Å². The Morgan fingerprint density at radius 2 is 1.97 bits per heavy atom. The molecule has 3 aromatic rings. The zero-order chi connectivity index (χ0) is 26.0. The Morgan fingerprint density at radius 3 is 2.67 bits per heavy atom. The Morgan fingerprint density at radius 1 is 1.22 bits per heavy atom. The van der Waals surface area contributed by atoms with Crippen LogP contribution in [0.1, 0.15) is 54.4 Å². The highest BCUT2D eigenvalue weighted by Crippen LogP contribution is 2.30. The second-order valence-electron chi connectivity index (χ2n) is 9.29. The Kier molecular flexibility index (Phi) is 7.30. The molecule has 0 spiro atoms. The number of hydrogen-bond donors (Lipinski definition) is 1. The number of carbonyl (C=O) groups excluding carboxylic acids is 2. The monoisotopic (exact) mass is 490 g/mol. The van der Waals surface area contributed by atoms with Crippen molar-refractivity contribution in [2.24, 2.45) is 0 Å². The predicted octanol–water partition coefficient (Wildman–Crippen LogP) is 4.79. The predicted molar refractivity (Wildman–Crippen MR) is 137 cm³/mol. The Balaban J connectivity index is 1.64. The molecule has 0 saturated heterocycles. The number of nitrogens with zero attached hydrogens (tertiary/aromatic N) is 3. The Labute approximate surface area is 209 Å². The minimum Gasteiger partial charge on any atom is -0.449 e. The number of non-ortho nitro benzene ring substituents is 1. The van der Waals surface area contributed by atoms with Crippen molar-refractivity contribution < 1.29 is 19.2 Å². The molecule has 1 atom stereocenters. The van der Waals surface area contributed by atoms with Gasteiger partial charge >= 0.3 is 5.97 Å². The summed E-state index contributed by atoms with van der Waals surface area (Å²) in [5.41, 5.74) is 3.71. The molecule has 0 fully saturated rings. The van der Waals surface area contributed by atoms with E-state index in [1.54, 1.807) is 19.9 Å². The van der Waals surface area contributed by atoms with Crippen LogP contribution in [0.2, 0.25) is 0 Å². The number of hydrogen-bond acceptors (Lipinski definition) is 7. The average Bonchev–Trinajstić information content (AvgIpc) is 2.86. The molecule has 2 heterocycles. The number of ether oxygens (including phenoxy) is 1. The van der Waals surface area contributed by atoms with Crippen LogP contribution in [-0.2, 0) is 22.5 Å². The molecule has 9 heteroatoms. The zero-order valence-corrected chi connectivity index (χ0v) is 20.9. The van der Waals surface area contributed by atoms with Crippen LogP contribution < -0.4 is 5.32 Å². The van der Waals surface area contributed by atoms with Crippen molar-refractivity contribution in [2.45, 2.75) is 59.2 Å². The number of nitro benzene ring substituents is 1. The van der Waals surface area contributed by atoms with Crippen LogP contribution in [0.4, 0.5) is 11.4 Å². The number of aryl methyl sites for hydroxylation is 1. The quantitative estimate of drug-likeness (QED) is 0.288. The van der Waals surface area contributed by atoms with Gasteiger partial charge in [-0.1, -0.05) is 31.2 Å². The first-order valence-corrected chi connectivity index (χ1v) is 12.1. The highest BCUT2D eigenvalue weighted by atomic mass is 16.6. The smallest absolute Gasteiger partial charge is 0.340 e. The van der Waals surface area contributed by atoms with Crippen LogP contribution in [0.5, 0.6) is 0 Å². The Bertz CT molecular complexity index is 1340. The normalized spacial score (nSPS) is 14.4. The van der Waals surface area contributed by atoms with Gasteiger partial charge in [-0.2, -0.15) is 0 Å². The number of para-hydroxylation sites is 1. The molecule has 2 aromatic carbocycles. The lowest BCUT2D eigenvalue weighted by atomic mass is 9.95. The van der Waals surface area contributed by atoms with Crippen LogP contribution in [0.25, 0.3) is 10.9 Å². The molecule has 188 valence electrons. The van der Waals surface area contributed by atoms with E-state index in [9.17, 15) is 19.7 Å². The lowest BCUT2D eigenvalue weighted by molar-refractivity contribution is -0.384. The number of rotatable bonds is 7. The molecule has 1 aliphatic heterocycles. The maximum Gasteiger partial charge on any atom is 0.340 e. The highest BCUT2D eigenvalue weighted by Gasteiger charge is 2.30. The molecular formula is C27H30N4O5. The van der Waals surface area contributed by atoms with E-state index < -0.39 is 22.9 Å². The third-order valence-corrected chi connectivity index (χ3v) is 6.61. The van der Waals surface area contributed by atoms with E-state index in [4.69, 9.17) is 9.72 Å². The van der Waals surface area contributed by atoms with Crippen LogP contribution in [0, 0.1) is 17.0 Å². The van der Waals surface area contributed by atoms with Crippen molar-refractivity contribution in [3.63, 3.8) is 0 Å². The van der Waals surface area contributed by atoms with Crippen molar-refractivity contribution in [1.29, 1.82) is 0 Å². The average molecular weight is 491 g/mol. The summed E-state index contributed by atoms with van der Waals surface area (Å²) in [7, 11) is 0. The molecular weight excluding hydrogens is 460 g/mol. The summed E-state index contributed by atoms with van der Waals surface area (Å²) in [6, 6.07) is 12.0. The van der Waals surface area contributed by atoms with Gasteiger partial charge in [-0.15, -0.1) is 0 Å². The van der Waals surface area contributed by atoms with Crippen molar-refractivity contribution >= 4 is 34.2 Å². The molecule has 0 aliphatic carbocycles. The summed E-state index contributed by atoms with van der Waals surface area (Å²) >= 11 is 0. The second-order valence-corrected chi connectivity index (χ2v) is 9.29. The molecule has 0 saturated carbocycles. The lowest BCUT2D eigenvalue weighted by Crippen LogP contribution is -2.38. The number of aromatic nitrogens is 1. The number of anilines is 1. The molecule has 0 radical (unpaired) electrons. The van der Waals surface area contributed by atoms with Gasteiger partial charge in [-0.3, -0.25) is 24.8 Å². The van der Waals surface area contributed by atoms with E-state index in [1.807, 2.05) is 24.3 Å². The van der Waals surface area contributed by atoms with Gasteiger partial charge in [-0.05, 0) is 38.8 Å². The second kappa shape index (κ2) is 10.4. The SMILES string of the molecule is CCC(OC(=O)c1c2c(nc3ccccc13)CCN(C(C)C)C2)C(=O)Nc1cc([N+](=O)[O-])ccc1C. The first kappa shape index (κ1) is 25.2. The zero-order valence-electron chi connectivity index (χ0n) is 20.9. The van der Waals surface area contributed by atoms with E-state index in [-0.39, 0.29) is 12.1 Å². The van der Waals surface area contributed by atoms with Crippen molar-refractivity contribution in [3.8, 4) is 0 Å². The summed E-state index contributed by atoms with van der Waals surface area (Å²) in [5.74, 6) is -1.11. The molecule has 1 unspecified atom stereocenters. The molecule has 9 nitrogen and oxygen atoms in total. The molecule has 1 amide bonds. The lowest BCUT2D eigenvalue weighted by Gasteiger charge is -2.32. The third-order valence-electron chi connectivity index (χ3n) is 6.61. The molecule has 0 bridgehead atoms. The summed E-state index contributed by atoms with van der Waals surface area (Å²) in [6.07, 6.45) is -0.0967. The van der Waals surface area contributed by atoms with E-state index >= 15 is 0 Å². The number of nitro groups is 1. The molecule has 1 aromatic heterocycles. The standard InChI is InChI=1S/C27H30N4O5/c1-5-24(26(32)29-23-14-18(31(34)35)11-10-17(23)4)36-27(33)25-19-8-6-7-9-21(19)28-22-12-13-30(16(2)3)15-20(22)25/h6-11,14,16,24H,5,12-13,15H2,1-4H3,(H,29,32). The van der Waals surface area contributed by atoms with Gasteiger partial charge in [-0.25, -0.2) is 4.79 Å². The van der Waals surface area contributed by atoms with Gasteiger partial charge in [0.15, 0.2) is 6.10 Å². The first-order chi connectivity index (χ1) is 17.2. The summed E-state index contributed by atoms with van der Waals surface area (Å²) in [5, 5.41) is 14.5. The minimum atomic E-state index is -1.07. The highest BCUT2D eigenvalue weighted by molar-refractivity contribution is 6.06. The van der Waals surface area contributed by atoms with Crippen LogP contribution in [-0.4, -0.2) is 45.4 Å². The van der Waals surface area contributed by atoms with Crippen molar-refractivity contribution in [1.82, 2.24) is 9.88 Å². The maximum atomic E-state index is 13.6. The van der Waals surface area contributed by atoms with Crippen molar-refractivity contribution in [2.75, 3.05) is 11.9 Å². The van der Waals surface area contributed by atoms with Crippen molar-refractivity contribution in [3.05, 3.63) is 75.0 Å². The number of amides is 1. The van der Waals surface area contributed by atoms with Gasteiger partial charge in [0, 0.05) is 54.3 Å². The maximum absolute atomic E-state index is 13.6. The number of benzene rings is 2. The molecule has 36 heavy (non-hydrogen) atoms. The van der Waals surface area contributed by atoms with Gasteiger partial charge in [0.25, 0.3) is 11.6 Å². The first-order valence-electron chi connectivity index (χ1n) is 12.1. The van der Waals surface area contributed by atoms with Gasteiger partial charge < -0.3 is 10.1 Å². The minimum absolute atomic E-state index is 0.134. The summed E-state index contributed by atoms with van der Waals surface area (Å²) in [6.45, 7) is 9.15. The fourth-order valence-corrected chi connectivity index (χ4v) is 4.47. The summed E-state index contributed by atoms with van der Waals surface area (Å²) in [4.78, 5) is 44.4. The topological polar surface area (TPSA) is 115 Å². The van der Waals surface area contributed by atoms with Gasteiger partial charge in [0.1, 0.15) is 0 Å². The third kappa shape index (κ3) is 5.06. The Hall–Kier alpha value is -3.85. The van der Waals surface area contributed by atoms with E-state index in [1.165, 1.54) is 12.1 Å². The fraction of sp³-hybridized carbons (Fsp3) is 0.370.